The van der Waals surface area contributed by atoms with E-state index in [0.717, 1.165) is 23.3 Å². The number of nitrogens with zero attached hydrogens (tertiary/aromatic N) is 1. The van der Waals surface area contributed by atoms with Crippen molar-refractivity contribution >= 4 is 12.1 Å². The summed E-state index contributed by atoms with van der Waals surface area (Å²) in [5, 5.41) is 3.91. The summed E-state index contributed by atoms with van der Waals surface area (Å²) in [6.07, 6.45) is 2.55. The zero-order chi connectivity index (χ0) is 17.2. The number of rotatable bonds is 8. The molecule has 5 nitrogen and oxygen atoms in total. The smallest absolute Gasteiger partial charge is 0.277 e. The molecule has 0 spiro atoms. The number of nitrogens with one attached hydrogen (secondary N) is 1. The van der Waals surface area contributed by atoms with Gasteiger partial charge >= 0.3 is 0 Å². The summed E-state index contributed by atoms with van der Waals surface area (Å²) in [5.74, 6) is 1.17. The lowest BCUT2D eigenvalue weighted by molar-refractivity contribution is -0.123. The van der Waals surface area contributed by atoms with Crippen LogP contribution in [0.1, 0.15) is 24.5 Å². The van der Waals surface area contributed by atoms with Crippen molar-refractivity contribution in [3.05, 3.63) is 59.7 Å². The number of hydrogen-bond donors (Lipinski definition) is 1. The molecule has 0 saturated carbocycles. The fourth-order valence-corrected chi connectivity index (χ4v) is 1.86. The molecule has 1 amide bonds. The second-order valence-electron chi connectivity index (χ2n) is 5.31. The summed E-state index contributed by atoms with van der Waals surface area (Å²) >= 11 is 0. The molecule has 0 unspecified atom stereocenters. The Morgan fingerprint density at radius 1 is 1.04 bits per heavy atom. The second kappa shape index (κ2) is 9.35. The Kier molecular flexibility index (Phi) is 6.83. The molecular weight excluding hydrogens is 304 g/mol. The Balaban J connectivity index is 1.74. The minimum atomic E-state index is -0.310. The lowest BCUT2D eigenvalue weighted by Gasteiger charge is -2.05. The van der Waals surface area contributed by atoms with Crippen LogP contribution < -0.4 is 14.9 Å². The predicted octanol–water partition coefficient (Wildman–Crippen LogP) is 3.31. The Morgan fingerprint density at radius 3 is 2.33 bits per heavy atom. The third-order valence-electron chi connectivity index (χ3n) is 3.15. The van der Waals surface area contributed by atoms with Gasteiger partial charge in [0.1, 0.15) is 11.5 Å². The highest BCUT2D eigenvalue weighted by Crippen LogP contribution is 2.12. The van der Waals surface area contributed by atoms with Crippen LogP contribution in [0.15, 0.2) is 53.6 Å². The van der Waals surface area contributed by atoms with Gasteiger partial charge in [0.05, 0.1) is 12.8 Å². The zero-order valence-electron chi connectivity index (χ0n) is 14.0. The normalized spacial score (nSPS) is 10.6. The molecule has 0 heterocycles. The number of amides is 1. The molecule has 0 saturated heterocycles. The lowest BCUT2D eigenvalue weighted by atomic mass is 10.2. The van der Waals surface area contributed by atoms with Crippen molar-refractivity contribution in [2.24, 2.45) is 5.10 Å². The molecule has 0 aliphatic carbocycles. The van der Waals surface area contributed by atoms with Crippen molar-refractivity contribution in [3.63, 3.8) is 0 Å². The van der Waals surface area contributed by atoms with Gasteiger partial charge in [0.15, 0.2) is 6.61 Å². The van der Waals surface area contributed by atoms with Crippen molar-refractivity contribution < 1.29 is 14.3 Å². The van der Waals surface area contributed by atoms with E-state index in [9.17, 15) is 4.79 Å². The van der Waals surface area contributed by atoms with Gasteiger partial charge in [-0.1, -0.05) is 24.6 Å². The van der Waals surface area contributed by atoms with Crippen LogP contribution in [0.3, 0.4) is 0 Å². The van der Waals surface area contributed by atoms with E-state index in [2.05, 4.69) is 17.5 Å². The van der Waals surface area contributed by atoms with E-state index < -0.39 is 0 Å². The van der Waals surface area contributed by atoms with Crippen LogP contribution in [-0.2, 0) is 4.79 Å². The van der Waals surface area contributed by atoms with Gasteiger partial charge in [-0.3, -0.25) is 4.79 Å². The van der Waals surface area contributed by atoms with Crippen molar-refractivity contribution in [2.45, 2.75) is 20.3 Å². The number of benzene rings is 2. The fourth-order valence-electron chi connectivity index (χ4n) is 1.86. The Labute approximate surface area is 142 Å². The maximum absolute atomic E-state index is 11.7. The molecule has 24 heavy (non-hydrogen) atoms. The van der Waals surface area contributed by atoms with Gasteiger partial charge in [0.2, 0.25) is 0 Å². The largest absolute Gasteiger partial charge is 0.494 e. The number of aryl methyl sites for hydroxylation is 1. The second-order valence-corrected chi connectivity index (χ2v) is 5.31. The highest BCUT2D eigenvalue weighted by Gasteiger charge is 2.01. The van der Waals surface area contributed by atoms with Crippen LogP contribution in [0.5, 0.6) is 11.5 Å². The molecule has 126 valence electrons. The molecule has 2 rings (SSSR count). The quantitative estimate of drug-likeness (QED) is 0.598. The highest BCUT2D eigenvalue weighted by molar-refractivity contribution is 5.83. The molecule has 0 bridgehead atoms. The summed E-state index contributed by atoms with van der Waals surface area (Å²) < 4.78 is 10.9. The van der Waals surface area contributed by atoms with Crippen LogP contribution in [0.2, 0.25) is 0 Å². The van der Waals surface area contributed by atoms with Crippen molar-refractivity contribution in [3.8, 4) is 11.5 Å². The van der Waals surface area contributed by atoms with E-state index in [4.69, 9.17) is 9.47 Å². The lowest BCUT2D eigenvalue weighted by Crippen LogP contribution is -2.24. The van der Waals surface area contributed by atoms with Crippen LogP contribution in [0.25, 0.3) is 0 Å². The molecule has 0 aliphatic rings. The first-order chi connectivity index (χ1) is 11.7. The van der Waals surface area contributed by atoms with Gasteiger partial charge in [-0.2, -0.15) is 5.10 Å². The molecule has 0 aliphatic heterocycles. The Bertz CT molecular complexity index is 664. The third kappa shape index (κ3) is 6.12. The van der Waals surface area contributed by atoms with Gasteiger partial charge < -0.3 is 9.47 Å². The Hall–Kier alpha value is -2.82. The molecule has 2 aromatic carbocycles. The van der Waals surface area contributed by atoms with E-state index in [1.165, 1.54) is 0 Å². The molecule has 0 aromatic heterocycles. The molecule has 2 aromatic rings. The van der Waals surface area contributed by atoms with E-state index in [0.29, 0.717) is 12.4 Å². The maximum atomic E-state index is 11.7. The van der Waals surface area contributed by atoms with Gasteiger partial charge in [-0.15, -0.1) is 0 Å². The van der Waals surface area contributed by atoms with Crippen molar-refractivity contribution in [1.82, 2.24) is 5.43 Å². The van der Waals surface area contributed by atoms with Gasteiger partial charge in [0.25, 0.3) is 5.91 Å². The van der Waals surface area contributed by atoms with E-state index in [1.54, 1.807) is 6.21 Å². The van der Waals surface area contributed by atoms with E-state index >= 15 is 0 Å². The number of hydrazone groups is 1. The standard InChI is InChI=1S/C19H22N2O3/c1-3-12-23-17-10-6-16(7-11-17)13-20-21-19(22)14-24-18-8-4-15(2)5-9-18/h4-11,13H,3,12,14H2,1-2H3,(H,21,22). The summed E-state index contributed by atoms with van der Waals surface area (Å²) in [5.41, 5.74) is 4.45. The van der Waals surface area contributed by atoms with Crippen LogP contribution >= 0.6 is 0 Å². The monoisotopic (exact) mass is 326 g/mol. The predicted molar refractivity (Wildman–Crippen MR) is 94.6 cm³/mol. The number of hydrogen-bond acceptors (Lipinski definition) is 4. The van der Waals surface area contributed by atoms with Crippen LogP contribution in [0.4, 0.5) is 0 Å². The first kappa shape index (κ1) is 17.5. The minimum Gasteiger partial charge on any atom is -0.494 e. The van der Waals surface area contributed by atoms with Gasteiger partial charge in [-0.25, -0.2) is 5.43 Å². The number of carbonyl (C=O) groups excluding carboxylic acids is 1. The van der Waals surface area contributed by atoms with Crippen molar-refractivity contribution in [2.75, 3.05) is 13.2 Å². The van der Waals surface area contributed by atoms with Crippen molar-refractivity contribution in [1.29, 1.82) is 0 Å². The zero-order valence-corrected chi connectivity index (χ0v) is 14.0. The topological polar surface area (TPSA) is 59.9 Å². The minimum absolute atomic E-state index is 0.0792. The molecule has 5 heteroatoms. The van der Waals surface area contributed by atoms with E-state index in [-0.39, 0.29) is 12.5 Å². The average molecular weight is 326 g/mol. The number of carbonyl (C=O) groups is 1. The third-order valence-corrected chi connectivity index (χ3v) is 3.15. The average Bonchev–Trinajstić information content (AvgIpc) is 2.60. The molecule has 0 radical (unpaired) electrons. The van der Waals surface area contributed by atoms with Gasteiger partial charge in [-0.05, 0) is 55.3 Å². The molecule has 0 atom stereocenters. The fraction of sp³-hybridized carbons (Fsp3) is 0.263. The maximum Gasteiger partial charge on any atom is 0.277 e. The summed E-state index contributed by atoms with van der Waals surface area (Å²) in [6.45, 7) is 4.68. The highest BCUT2D eigenvalue weighted by atomic mass is 16.5. The Morgan fingerprint density at radius 2 is 1.67 bits per heavy atom. The summed E-state index contributed by atoms with van der Waals surface area (Å²) in [7, 11) is 0. The summed E-state index contributed by atoms with van der Waals surface area (Å²) in [6, 6.07) is 15.0. The molecular formula is C19H22N2O3. The van der Waals surface area contributed by atoms with Crippen LogP contribution in [0, 0.1) is 6.92 Å². The van der Waals surface area contributed by atoms with Crippen LogP contribution in [-0.4, -0.2) is 25.3 Å². The van der Waals surface area contributed by atoms with E-state index in [1.807, 2.05) is 55.5 Å². The first-order valence-electron chi connectivity index (χ1n) is 7.91. The molecule has 0 fully saturated rings. The SMILES string of the molecule is CCCOc1ccc(C=NNC(=O)COc2ccc(C)cc2)cc1. The summed E-state index contributed by atoms with van der Waals surface area (Å²) in [4.78, 5) is 11.7. The molecule has 1 N–H and O–H groups in total. The number of ether oxygens (including phenoxy) is 2. The first-order valence-corrected chi connectivity index (χ1v) is 7.91. The van der Waals surface area contributed by atoms with Gasteiger partial charge in [0, 0.05) is 0 Å².